The number of benzene rings is 1. The fraction of sp³-hybridized carbons (Fsp3) is 0.333. The maximum atomic E-state index is 11.1. The molecule has 0 spiro atoms. The molecule has 1 aromatic carbocycles. The van der Waals surface area contributed by atoms with Crippen LogP contribution in [0, 0.1) is 0 Å². The highest BCUT2D eigenvalue weighted by Crippen LogP contribution is 2.30. The Morgan fingerprint density at radius 2 is 2.21 bits per heavy atom. The first-order valence-corrected chi connectivity index (χ1v) is 9.71. The molecule has 1 N–H and O–H groups in total. The highest BCUT2D eigenvalue weighted by atomic mass is 16.5. The zero-order chi connectivity index (χ0) is 20.0. The Hall–Kier alpha value is -3.26. The molecule has 8 heteroatoms. The van der Waals surface area contributed by atoms with Gasteiger partial charge in [0.1, 0.15) is 12.4 Å². The maximum Gasteiger partial charge on any atom is 0.167 e. The first-order valence-electron chi connectivity index (χ1n) is 9.71. The van der Waals surface area contributed by atoms with Gasteiger partial charge in [0, 0.05) is 38.2 Å². The summed E-state index contributed by atoms with van der Waals surface area (Å²) in [7, 11) is 3.51. The fourth-order valence-electron chi connectivity index (χ4n) is 3.55. The lowest BCUT2D eigenvalue weighted by Crippen LogP contribution is -2.15. The van der Waals surface area contributed by atoms with Crippen LogP contribution in [0.15, 0.2) is 36.7 Å². The average molecular weight is 390 g/mol. The zero-order valence-electron chi connectivity index (χ0n) is 16.4. The zero-order valence-corrected chi connectivity index (χ0v) is 16.4. The molecule has 1 atom stereocenters. The standard InChI is InChI=1S/C21H22N6O2/c1-26-12-22-19-20(23-15-6-7-15)24-18-10-17(25-27(18)21(19)26)14-5-3-4-13(8-14)9-16(11-28)29-2/h3-5,8,10-12,15-16H,6-7,9H2,1-2H3,(H,23,24). The summed E-state index contributed by atoms with van der Waals surface area (Å²) in [5.74, 6) is 0.810. The van der Waals surface area contributed by atoms with E-state index < -0.39 is 6.10 Å². The van der Waals surface area contributed by atoms with E-state index in [1.165, 1.54) is 12.8 Å². The number of rotatable bonds is 7. The number of hydrogen-bond acceptors (Lipinski definition) is 6. The van der Waals surface area contributed by atoms with Gasteiger partial charge in [-0.25, -0.2) is 9.97 Å². The molecular weight excluding hydrogens is 368 g/mol. The molecule has 1 fully saturated rings. The van der Waals surface area contributed by atoms with Crippen molar-refractivity contribution in [3.63, 3.8) is 0 Å². The second-order valence-corrected chi connectivity index (χ2v) is 7.52. The van der Waals surface area contributed by atoms with E-state index in [0.29, 0.717) is 12.5 Å². The number of carbonyl (C=O) groups is 1. The van der Waals surface area contributed by atoms with Gasteiger partial charge in [0.25, 0.3) is 0 Å². The lowest BCUT2D eigenvalue weighted by atomic mass is 10.0. The van der Waals surface area contributed by atoms with Gasteiger partial charge in [-0.3, -0.25) is 0 Å². The Balaban J connectivity index is 1.59. The summed E-state index contributed by atoms with van der Waals surface area (Å²) in [6.45, 7) is 0. The van der Waals surface area contributed by atoms with Crippen LogP contribution in [0.3, 0.4) is 0 Å². The minimum atomic E-state index is -0.446. The minimum absolute atomic E-state index is 0.446. The molecule has 5 rings (SSSR count). The van der Waals surface area contributed by atoms with Crippen molar-refractivity contribution in [2.75, 3.05) is 12.4 Å². The molecule has 4 aromatic rings. The van der Waals surface area contributed by atoms with E-state index >= 15 is 0 Å². The van der Waals surface area contributed by atoms with Crippen molar-refractivity contribution in [1.82, 2.24) is 24.1 Å². The van der Waals surface area contributed by atoms with Gasteiger partial charge >= 0.3 is 0 Å². The summed E-state index contributed by atoms with van der Waals surface area (Å²) in [6.07, 6.45) is 5.04. The number of anilines is 1. The van der Waals surface area contributed by atoms with E-state index in [1.54, 1.807) is 13.4 Å². The number of aldehydes is 1. The number of aromatic nitrogens is 5. The van der Waals surface area contributed by atoms with Gasteiger partial charge in [0.05, 0.1) is 12.0 Å². The van der Waals surface area contributed by atoms with Crippen molar-refractivity contribution in [1.29, 1.82) is 0 Å². The van der Waals surface area contributed by atoms with Crippen LogP contribution in [0.2, 0.25) is 0 Å². The van der Waals surface area contributed by atoms with Crippen LogP contribution >= 0.6 is 0 Å². The monoisotopic (exact) mass is 390 g/mol. The van der Waals surface area contributed by atoms with Crippen molar-refractivity contribution in [2.45, 2.75) is 31.4 Å². The van der Waals surface area contributed by atoms with Crippen molar-refractivity contribution in [3.05, 3.63) is 42.2 Å². The average Bonchev–Trinajstić information content (AvgIpc) is 3.31. The Labute approximate surface area is 167 Å². The number of nitrogens with one attached hydrogen (secondary N) is 1. The number of aryl methyl sites for hydroxylation is 1. The molecule has 1 unspecified atom stereocenters. The van der Waals surface area contributed by atoms with Crippen molar-refractivity contribution in [2.24, 2.45) is 7.05 Å². The van der Waals surface area contributed by atoms with E-state index in [9.17, 15) is 4.79 Å². The lowest BCUT2D eigenvalue weighted by Gasteiger charge is -2.08. The number of carbonyl (C=O) groups excluding carboxylic acids is 1. The number of fused-ring (bicyclic) bond motifs is 3. The summed E-state index contributed by atoms with van der Waals surface area (Å²) < 4.78 is 8.98. The largest absolute Gasteiger partial charge is 0.374 e. The fourth-order valence-corrected chi connectivity index (χ4v) is 3.55. The van der Waals surface area contributed by atoms with Gasteiger partial charge in [0.2, 0.25) is 0 Å². The van der Waals surface area contributed by atoms with E-state index in [2.05, 4.69) is 10.3 Å². The second kappa shape index (κ2) is 6.97. The Kier molecular flexibility index (Phi) is 4.28. The van der Waals surface area contributed by atoms with Crippen LogP contribution < -0.4 is 5.32 Å². The van der Waals surface area contributed by atoms with Gasteiger partial charge < -0.3 is 19.4 Å². The summed E-state index contributed by atoms with van der Waals surface area (Å²) in [5.41, 5.74) is 5.32. The van der Waals surface area contributed by atoms with Gasteiger partial charge in [-0.15, -0.1) is 0 Å². The molecule has 0 radical (unpaired) electrons. The predicted molar refractivity (Wildman–Crippen MR) is 110 cm³/mol. The molecule has 0 amide bonds. The van der Waals surface area contributed by atoms with E-state index in [4.69, 9.17) is 14.8 Å². The molecule has 3 heterocycles. The summed E-state index contributed by atoms with van der Waals surface area (Å²) in [6, 6.07) is 10.5. The maximum absolute atomic E-state index is 11.1. The number of ether oxygens (including phenoxy) is 1. The molecule has 29 heavy (non-hydrogen) atoms. The number of nitrogens with zero attached hydrogens (tertiary/aromatic N) is 5. The van der Waals surface area contributed by atoms with E-state index in [1.807, 2.05) is 46.5 Å². The smallest absolute Gasteiger partial charge is 0.167 e. The number of hydrogen-bond donors (Lipinski definition) is 1. The molecule has 0 aliphatic heterocycles. The van der Waals surface area contributed by atoms with Crippen LogP contribution in [-0.4, -0.2) is 49.7 Å². The van der Waals surface area contributed by atoms with Crippen LogP contribution in [0.5, 0.6) is 0 Å². The molecule has 148 valence electrons. The molecule has 0 saturated heterocycles. The quantitative estimate of drug-likeness (QED) is 0.488. The van der Waals surface area contributed by atoms with E-state index in [0.717, 1.165) is 45.7 Å². The van der Waals surface area contributed by atoms with Crippen LogP contribution in [0.1, 0.15) is 18.4 Å². The minimum Gasteiger partial charge on any atom is -0.374 e. The molecule has 8 nitrogen and oxygen atoms in total. The Morgan fingerprint density at radius 1 is 1.34 bits per heavy atom. The summed E-state index contributed by atoms with van der Waals surface area (Å²) in [5, 5.41) is 8.29. The first kappa shape index (κ1) is 17.8. The lowest BCUT2D eigenvalue weighted by molar-refractivity contribution is -0.116. The van der Waals surface area contributed by atoms with Crippen molar-refractivity contribution < 1.29 is 9.53 Å². The van der Waals surface area contributed by atoms with Crippen LogP contribution in [0.25, 0.3) is 28.1 Å². The normalized spacial score (nSPS) is 15.1. The molecular formula is C21H22N6O2. The molecule has 0 bridgehead atoms. The van der Waals surface area contributed by atoms with Crippen LogP contribution in [-0.2, 0) is 23.0 Å². The highest BCUT2D eigenvalue weighted by molar-refractivity contribution is 5.86. The van der Waals surface area contributed by atoms with Crippen molar-refractivity contribution in [3.8, 4) is 11.3 Å². The molecule has 1 aliphatic rings. The first-order chi connectivity index (χ1) is 14.2. The third-order valence-corrected chi connectivity index (χ3v) is 5.28. The van der Waals surface area contributed by atoms with Gasteiger partial charge in [-0.1, -0.05) is 18.2 Å². The third kappa shape index (κ3) is 3.25. The molecule has 1 aliphatic carbocycles. The topological polar surface area (TPSA) is 86.3 Å². The van der Waals surface area contributed by atoms with Crippen LogP contribution in [0.4, 0.5) is 5.82 Å². The summed E-state index contributed by atoms with van der Waals surface area (Å²) in [4.78, 5) is 20.4. The molecule has 3 aromatic heterocycles. The third-order valence-electron chi connectivity index (χ3n) is 5.28. The molecule has 1 saturated carbocycles. The Bertz CT molecular complexity index is 1210. The number of imidazole rings is 1. The predicted octanol–water partition coefficient (Wildman–Crippen LogP) is 2.61. The van der Waals surface area contributed by atoms with Gasteiger partial charge in [-0.05, 0) is 24.5 Å². The Morgan fingerprint density at radius 3 is 2.97 bits per heavy atom. The van der Waals surface area contributed by atoms with Gasteiger partial charge in [-0.2, -0.15) is 9.61 Å². The van der Waals surface area contributed by atoms with Gasteiger partial charge in [0.15, 0.2) is 22.6 Å². The summed E-state index contributed by atoms with van der Waals surface area (Å²) >= 11 is 0. The van der Waals surface area contributed by atoms with E-state index in [-0.39, 0.29) is 0 Å². The second-order valence-electron chi connectivity index (χ2n) is 7.52. The van der Waals surface area contributed by atoms with Crippen molar-refractivity contribution >= 4 is 28.9 Å². The highest BCUT2D eigenvalue weighted by Gasteiger charge is 2.24. The number of methoxy groups -OCH3 is 1. The SMILES string of the molecule is COC(C=O)Cc1cccc(-c2cc3nc(NC4CC4)c4ncn(C)c4n3n2)c1.